The molecule has 0 saturated carbocycles. The molecule has 0 bridgehead atoms. The molecule has 0 atom stereocenters. The summed E-state index contributed by atoms with van der Waals surface area (Å²) in [6.07, 6.45) is 6.16. The lowest BCUT2D eigenvalue weighted by molar-refractivity contribution is 0.620. The van der Waals surface area contributed by atoms with Crippen LogP contribution in [0, 0.1) is 5.82 Å². The van der Waals surface area contributed by atoms with E-state index >= 15 is 0 Å². The highest BCUT2D eigenvalue weighted by Gasteiger charge is 1.98. The van der Waals surface area contributed by atoms with Crippen LogP contribution in [0.5, 0.6) is 0 Å². The molecule has 16 heavy (non-hydrogen) atoms. The maximum absolute atomic E-state index is 13.0. The second kappa shape index (κ2) is 7.58. The third-order valence-electron chi connectivity index (χ3n) is 2.24. The van der Waals surface area contributed by atoms with Gasteiger partial charge in [-0.15, -0.1) is 0 Å². The van der Waals surface area contributed by atoms with E-state index in [9.17, 15) is 4.39 Å². The van der Waals surface area contributed by atoms with Crippen molar-refractivity contribution in [3.63, 3.8) is 0 Å². The summed E-state index contributed by atoms with van der Waals surface area (Å²) >= 11 is 3.18. The standard InChI is InChI=1S/C13H17BrFN/c1-2-16-9-5-3-4-6-11-7-8-13(15)12(14)10-11/h3-4,7-8,10,16H,2,5-6,9H2,1H3. The van der Waals surface area contributed by atoms with Crippen LogP contribution in [0.1, 0.15) is 18.9 Å². The van der Waals surface area contributed by atoms with Crippen LogP contribution in [0.4, 0.5) is 4.39 Å². The first-order valence-electron chi connectivity index (χ1n) is 5.53. The topological polar surface area (TPSA) is 12.0 Å². The summed E-state index contributed by atoms with van der Waals surface area (Å²) in [5, 5.41) is 3.26. The number of nitrogens with one attached hydrogen (secondary N) is 1. The minimum atomic E-state index is -0.208. The Balaban J connectivity index is 2.34. The Labute approximate surface area is 105 Å². The molecule has 1 rings (SSSR count). The fourth-order valence-electron chi connectivity index (χ4n) is 1.37. The molecule has 0 aliphatic heterocycles. The third-order valence-corrected chi connectivity index (χ3v) is 2.85. The van der Waals surface area contributed by atoms with Crippen LogP contribution >= 0.6 is 15.9 Å². The van der Waals surface area contributed by atoms with Crippen LogP contribution < -0.4 is 5.32 Å². The molecular weight excluding hydrogens is 269 g/mol. The van der Waals surface area contributed by atoms with Gasteiger partial charge in [0.1, 0.15) is 5.82 Å². The maximum atomic E-state index is 13.0. The van der Waals surface area contributed by atoms with Gasteiger partial charge in [-0.2, -0.15) is 0 Å². The predicted octanol–water partition coefficient (Wildman–Crippen LogP) is 3.69. The molecule has 0 aliphatic rings. The van der Waals surface area contributed by atoms with Crippen molar-refractivity contribution in [2.45, 2.75) is 19.8 Å². The van der Waals surface area contributed by atoms with E-state index in [4.69, 9.17) is 0 Å². The molecular formula is C13H17BrFN. The second-order valence-electron chi connectivity index (χ2n) is 3.57. The zero-order valence-corrected chi connectivity index (χ0v) is 11.1. The summed E-state index contributed by atoms with van der Waals surface area (Å²) in [6.45, 7) is 4.12. The average molecular weight is 286 g/mol. The Morgan fingerprint density at radius 3 is 2.88 bits per heavy atom. The fraction of sp³-hybridized carbons (Fsp3) is 0.385. The molecule has 3 heteroatoms. The SMILES string of the molecule is CCNCCC=CCc1ccc(F)c(Br)c1. The van der Waals surface area contributed by atoms with E-state index in [1.165, 1.54) is 6.07 Å². The zero-order valence-electron chi connectivity index (χ0n) is 9.47. The van der Waals surface area contributed by atoms with Crippen molar-refractivity contribution in [1.29, 1.82) is 0 Å². The minimum Gasteiger partial charge on any atom is -0.317 e. The van der Waals surface area contributed by atoms with Crippen LogP contribution in [0.25, 0.3) is 0 Å². The van der Waals surface area contributed by atoms with Crippen LogP contribution in [-0.4, -0.2) is 13.1 Å². The summed E-state index contributed by atoms with van der Waals surface area (Å²) < 4.78 is 13.5. The van der Waals surface area contributed by atoms with E-state index in [0.29, 0.717) is 4.47 Å². The van der Waals surface area contributed by atoms with Gasteiger partial charge in [-0.05, 0) is 59.6 Å². The van der Waals surface area contributed by atoms with E-state index in [1.807, 2.05) is 12.1 Å². The second-order valence-corrected chi connectivity index (χ2v) is 4.42. The number of allylic oxidation sites excluding steroid dienone is 1. The summed E-state index contributed by atoms with van der Waals surface area (Å²) in [6, 6.07) is 5.13. The molecule has 0 radical (unpaired) electrons. The summed E-state index contributed by atoms with van der Waals surface area (Å²) in [5.41, 5.74) is 1.12. The van der Waals surface area contributed by atoms with E-state index in [1.54, 1.807) is 0 Å². The third kappa shape index (κ3) is 4.90. The molecule has 0 spiro atoms. The van der Waals surface area contributed by atoms with Crippen molar-refractivity contribution in [3.8, 4) is 0 Å². The highest BCUT2D eigenvalue weighted by atomic mass is 79.9. The highest BCUT2D eigenvalue weighted by Crippen LogP contribution is 2.17. The molecule has 1 N–H and O–H groups in total. The zero-order chi connectivity index (χ0) is 11.8. The van der Waals surface area contributed by atoms with E-state index in [2.05, 4.69) is 40.3 Å². The van der Waals surface area contributed by atoms with Crippen LogP contribution in [-0.2, 0) is 6.42 Å². The van der Waals surface area contributed by atoms with Crippen molar-refractivity contribution in [1.82, 2.24) is 5.32 Å². The number of halogens is 2. The Kier molecular flexibility index (Phi) is 6.34. The van der Waals surface area contributed by atoms with Crippen molar-refractivity contribution in [2.75, 3.05) is 13.1 Å². The van der Waals surface area contributed by atoms with Gasteiger partial charge >= 0.3 is 0 Å². The van der Waals surface area contributed by atoms with Crippen LogP contribution in [0.15, 0.2) is 34.8 Å². The summed E-state index contributed by atoms with van der Waals surface area (Å²) in [7, 11) is 0. The molecule has 88 valence electrons. The van der Waals surface area contributed by atoms with Crippen LogP contribution in [0.2, 0.25) is 0 Å². The predicted molar refractivity (Wildman–Crippen MR) is 70.1 cm³/mol. The van der Waals surface area contributed by atoms with Gasteiger partial charge in [-0.1, -0.05) is 25.1 Å². The fourth-order valence-corrected chi connectivity index (χ4v) is 1.79. The van der Waals surface area contributed by atoms with Gasteiger partial charge in [-0.3, -0.25) is 0 Å². The van der Waals surface area contributed by atoms with E-state index < -0.39 is 0 Å². The molecule has 0 heterocycles. The Morgan fingerprint density at radius 2 is 2.19 bits per heavy atom. The Bertz CT molecular complexity index is 350. The van der Waals surface area contributed by atoms with Crippen LogP contribution in [0.3, 0.4) is 0 Å². The van der Waals surface area contributed by atoms with E-state index in [0.717, 1.165) is 31.5 Å². The molecule has 0 aromatic heterocycles. The van der Waals surface area contributed by atoms with Crippen molar-refractivity contribution < 1.29 is 4.39 Å². The molecule has 0 amide bonds. The molecule has 1 aromatic rings. The smallest absolute Gasteiger partial charge is 0.137 e. The molecule has 1 aromatic carbocycles. The average Bonchev–Trinajstić information content (AvgIpc) is 2.28. The maximum Gasteiger partial charge on any atom is 0.137 e. The molecule has 0 saturated heterocycles. The van der Waals surface area contributed by atoms with E-state index in [-0.39, 0.29) is 5.82 Å². The number of hydrogen-bond acceptors (Lipinski definition) is 1. The number of benzene rings is 1. The quantitative estimate of drug-likeness (QED) is 0.621. The van der Waals surface area contributed by atoms with Gasteiger partial charge in [-0.25, -0.2) is 4.39 Å². The Morgan fingerprint density at radius 1 is 1.38 bits per heavy atom. The molecule has 0 unspecified atom stereocenters. The number of rotatable bonds is 6. The number of hydrogen-bond donors (Lipinski definition) is 1. The largest absolute Gasteiger partial charge is 0.317 e. The lowest BCUT2D eigenvalue weighted by atomic mass is 10.1. The Hall–Kier alpha value is -0.670. The van der Waals surface area contributed by atoms with Gasteiger partial charge < -0.3 is 5.32 Å². The summed E-state index contributed by atoms with van der Waals surface area (Å²) in [5.74, 6) is -0.208. The monoisotopic (exact) mass is 285 g/mol. The minimum absolute atomic E-state index is 0.208. The first-order chi connectivity index (χ1) is 7.74. The van der Waals surface area contributed by atoms with Crippen molar-refractivity contribution >= 4 is 15.9 Å². The van der Waals surface area contributed by atoms with Gasteiger partial charge in [0.15, 0.2) is 0 Å². The van der Waals surface area contributed by atoms with Crippen molar-refractivity contribution in [2.24, 2.45) is 0 Å². The highest BCUT2D eigenvalue weighted by molar-refractivity contribution is 9.10. The lowest BCUT2D eigenvalue weighted by Gasteiger charge is -1.99. The first kappa shape index (κ1) is 13.4. The van der Waals surface area contributed by atoms with Gasteiger partial charge in [0.25, 0.3) is 0 Å². The van der Waals surface area contributed by atoms with Gasteiger partial charge in [0.05, 0.1) is 4.47 Å². The normalized spacial score (nSPS) is 11.2. The molecule has 1 nitrogen and oxygen atoms in total. The summed E-state index contributed by atoms with van der Waals surface area (Å²) in [4.78, 5) is 0. The lowest BCUT2D eigenvalue weighted by Crippen LogP contribution is -2.12. The molecule has 0 aliphatic carbocycles. The van der Waals surface area contributed by atoms with Gasteiger partial charge in [0, 0.05) is 0 Å². The van der Waals surface area contributed by atoms with Crippen molar-refractivity contribution in [3.05, 3.63) is 46.2 Å². The molecule has 0 fully saturated rings. The first-order valence-corrected chi connectivity index (χ1v) is 6.33. The van der Waals surface area contributed by atoms with Gasteiger partial charge in [0.2, 0.25) is 0 Å².